The zero-order valence-corrected chi connectivity index (χ0v) is 12.9. The van der Waals surface area contributed by atoms with Crippen LogP contribution >= 0.6 is 11.3 Å². The highest BCUT2D eigenvalue weighted by Gasteiger charge is 2.29. The number of H-pyrrole nitrogens is 1. The van der Waals surface area contributed by atoms with Crippen molar-refractivity contribution in [3.63, 3.8) is 0 Å². The summed E-state index contributed by atoms with van der Waals surface area (Å²) in [5.41, 5.74) is 0. The molecule has 1 fully saturated rings. The van der Waals surface area contributed by atoms with Crippen molar-refractivity contribution >= 4 is 17.2 Å². The van der Waals surface area contributed by atoms with Gasteiger partial charge in [-0.05, 0) is 31.2 Å². The van der Waals surface area contributed by atoms with Crippen LogP contribution in [0.1, 0.15) is 40.1 Å². The van der Waals surface area contributed by atoms with Gasteiger partial charge in [-0.3, -0.25) is 9.89 Å². The molecule has 7 heteroatoms. The van der Waals surface area contributed by atoms with Crippen LogP contribution in [-0.4, -0.2) is 46.2 Å². The lowest BCUT2D eigenvalue weighted by Gasteiger charge is -2.31. The summed E-state index contributed by atoms with van der Waals surface area (Å²) >= 11 is 1.42. The second kappa shape index (κ2) is 5.85. The Hall–Kier alpha value is -1.89. The molecule has 1 atom stereocenters. The number of carbonyl (C=O) groups is 1. The summed E-state index contributed by atoms with van der Waals surface area (Å²) in [6.45, 7) is 3.33. The van der Waals surface area contributed by atoms with Gasteiger partial charge in [-0.25, -0.2) is 4.98 Å². The topological polar surface area (TPSA) is 71.1 Å². The van der Waals surface area contributed by atoms with Crippen molar-refractivity contribution in [2.24, 2.45) is 0 Å². The fraction of sp³-hybridized carbons (Fsp3) is 0.500. The number of hydrogen-bond acceptors (Lipinski definition) is 5. The van der Waals surface area contributed by atoms with E-state index >= 15 is 0 Å². The van der Waals surface area contributed by atoms with Crippen LogP contribution in [0.5, 0.6) is 5.75 Å². The number of carbonyl (C=O) groups excluding carboxylic acids is 1. The van der Waals surface area contributed by atoms with Crippen molar-refractivity contribution in [1.82, 2.24) is 20.1 Å². The number of aromatic nitrogens is 3. The highest BCUT2D eigenvalue weighted by atomic mass is 32.1. The number of ether oxygens (including phenoxy) is 1. The van der Waals surface area contributed by atoms with Gasteiger partial charge in [0.15, 0.2) is 5.82 Å². The number of aromatic amines is 1. The number of amides is 1. The summed E-state index contributed by atoms with van der Waals surface area (Å²) in [4.78, 5) is 19.6. The maximum Gasteiger partial charge on any atom is 0.267 e. The number of likely N-dealkylation sites (tertiary alicyclic amines) is 1. The van der Waals surface area contributed by atoms with E-state index in [0.29, 0.717) is 17.2 Å². The molecule has 2 aromatic rings. The molecule has 1 N–H and O–H groups in total. The van der Waals surface area contributed by atoms with Crippen molar-refractivity contribution in [3.05, 3.63) is 28.0 Å². The molecule has 1 aliphatic heterocycles. The highest BCUT2D eigenvalue weighted by Crippen LogP contribution is 2.30. The van der Waals surface area contributed by atoms with Gasteiger partial charge in [0.25, 0.3) is 5.91 Å². The first kappa shape index (κ1) is 14.1. The quantitative estimate of drug-likeness (QED) is 0.943. The van der Waals surface area contributed by atoms with E-state index in [1.54, 1.807) is 7.11 Å². The van der Waals surface area contributed by atoms with Gasteiger partial charge in [0.1, 0.15) is 16.5 Å². The van der Waals surface area contributed by atoms with E-state index in [1.807, 2.05) is 23.3 Å². The van der Waals surface area contributed by atoms with Crippen LogP contribution in [-0.2, 0) is 0 Å². The van der Waals surface area contributed by atoms with Crippen LogP contribution < -0.4 is 4.74 Å². The van der Waals surface area contributed by atoms with Crippen LogP contribution in [0.3, 0.4) is 0 Å². The molecule has 0 radical (unpaired) electrons. The van der Waals surface area contributed by atoms with E-state index in [0.717, 1.165) is 31.0 Å². The van der Waals surface area contributed by atoms with Crippen molar-refractivity contribution in [2.75, 3.05) is 20.2 Å². The van der Waals surface area contributed by atoms with Gasteiger partial charge in [-0.1, -0.05) is 0 Å². The Balaban J connectivity index is 1.75. The van der Waals surface area contributed by atoms with Crippen LogP contribution in [0.4, 0.5) is 0 Å². The smallest absolute Gasteiger partial charge is 0.267 e. The maximum absolute atomic E-state index is 12.6. The third kappa shape index (κ3) is 2.78. The minimum atomic E-state index is 0.0406. The Labute approximate surface area is 127 Å². The Kier molecular flexibility index (Phi) is 3.92. The average Bonchev–Trinajstić information content (AvgIpc) is 3.15. The molecule has 1 saturated heterocycles. The predicted octanol–water partition coefficient (Wildman–Crippen LogP) is 2.20. The first-order chi connectivity index (χ1) is 10.2. The molecule has 0 aliphatic carbocycles. The first-order valence-corrected chi connectivity index (χ1v) is 7.86. The molecule has 3 heterocycles. The van der Waals surface area contributed by atoms with Gasteiger partial charge < -0.3 is 9.64 Å². The number of nitrogens with one attached hydrogen (secondary N) is 1. The molecule has 0 aromatic carbocycles. The van der Waals surface area contributed by atoms with Gasteiger partial charge in [-0.15, -0.1) is 11.3 Å². The van der Waals surface area contributed by atoms with Crippen LogP contribution in [0.25, 0.3) is 0 Å². The van der Waals surface area contributed by atoms with E-state index in [9.17, 15) is 4.79 Å². The van der Waals surface area contributed by atoms with E-state index in [-0.39, 0.29) is 11.8 Å². The minimum absolute atomic E-state index is 0.0406. The Morgan fingerprint density at radius 1 is 1.57 bits per heavy atom. The molecule has 6 nitrogen and oxygen atoms in total. The third-order valence-corrected chi connectivity index (χ3v) is 4.62. The Morgan fingerprint density at radius 2 is 2.43 bits per heavy atom. The predicted molar refractivity (Wildman–Crippen MR) is 79.9 cm³/mol. The summed E-state index contributed by atoms with van der Waals surface area (Å²) < 4.78 is 5.25. The normalized spacial score (nSPS) is 18.8. The van der Waals surface area contributed by atoms with E-state index in [1.165, 1.54) is 11.3 Å². The zero-order chi connectivity index (χ0) is 14.8. The lowest BCUT2D eigenvalue weighted by atomic mass is 9.97. The molecule has 3 rings (SSSR count). The summed E-state index contributed by atoms with van der Waals surface area (Å²) in [6, 6.07) is 1.83. The van der Waals surface area contributed by atoms with Crippen LogP contribution in [0.2, 0.25) is 0 Å². The standard InChI is InChI=1S/C14H18N4O2S/c1-9-15-13(17-16-9)10-4-3-6-18(8-10)14(19)12-11(20-2)5-7-21-12/h5,7,10H,3-4,6,8H2,1-2H3,(H,15,16,17)/t10-/m1/s1. The minimum Gasteiger partial charge on any atom is -0.495 e. The van der Waals surface area contributed by atoms with Crippen LogP contribution in [0, 0.1) is 6.92 Å². The highest BCUT2D eigenvalue weighted by molar-refractivity contribution is 7.12. The summed E-state index contributed by atoms with van der Waals surface area (Å²) in [5, 5.41) is 8.99. The van der Waals surface area contributed by atoms with E-state index in [4.69, 9.17) is 4.74 Å². The summed E-state index contributed by atoms with van der Waals surface area (Å²) in [5.74, 6) is 2.52. The van der Waals surface area contributed by atoms with Crippen molar-refractivity contribution in [1.29, 1.82) is 0 Å². The molecular weight excluding hydrogens is 288 g/mol. The largest absolute Gasteiger partial charge is 0.495 e. The lowest BCUT2D eigenvalue weighted by Crippen LogP contribution is -2.39. The number of piperidine rings is 1. The van der Waals surface area contributed by atoms with E-state index < -0.39 is 0 Å². The number of thiophene rings is 1. The number of rotatable bonds is 3. The monoisotopic (exact) mass is 306 g/mol. The molecule has 2 aromatic heterocycles. The van der Waals surface area contributed by atoms with Gasteiger partial charge in [0, 0.05) is 19.0 Å². The molecule has 0 saturated carbocycles. The number of hydrogen-bond donors (Lipinski definition) is 1. The molecule has 0 bridgehead atoms. The maximum atomic E-state index is 12.6. The molecule has 112 valence electrons. The van der Waals surface area contributed by atoms with Crippen molar-refractivity contribution in [2.45, 2.75) is 25.7 Å². The van der Waals surface area contributed by atoms with Gasteiger partial charge >= 0.3 is 0 Å². The second-order valence-electron chi connectivity index (χ2n) is 5.19. The SMILES string of the molecule is COc1ccsc1C(=O)N1CCC[C@@H](c2n[nH]c(C)n2)C1. The zero-order valence-electron chi connectivity index (χ0n) is 12.1. The Morgan fingerprint density at radius 3 is 3.14 bits per heavy atom. The number of methoxy groups -OCH3 is 1. The molecule has 0 unspecified atom stereocenters. The van der Waals surface area contributed by atoms with Crippen molar-refractivity contribution < 1.29 is 9.53 Å². The summed E-state index contributed by atoms with van der Waals surface area (Å²) in [7, 11) is 1.59. The third-order valence-electron chi connectivity index (χ3n) is 3.73. The number of nitrogens with zero attached hydrogens (tertiary/aromatic N) is 3. The fourth-order valence-electron chi connectivity index (χ4n) is 2.67. The average molecular weight is 306 g/mol. The Bertz CT molecular complexity index is 636. The van der Waals surface area contributed by atoms with Gasteiger partial charge in [-0.2, -0.15) is 5.10 Å². The molecule has 1 aliphatic rings. The molecule has 0 spiro atoms. The summed E-state index contributed by atoms with van der Waals surface area (Å²) in [6.07, 6.45) is 1.99. The fourth-order valence-corrected chi connectivity index (χ4v) is 3.50. The lowest BCUT2D eigenvalue weighted by molar-refractivity contribution is 0.0706. The molecular formula is C14H18N4O2S. The van der Waals surface area contributed by atoms with Crippen molar-refractivity contribution in [3.8, 4) is 5.75 Å². The van der Waals surface area contributed by atoms with Crippen LogP contribution in [0.15, 0.2) is 11.4 Å². The second-order valence-corrected chi connectivity index (χ2v) is 6.10. The molecule has 21 heavy (non-hydrogen) atoms. The van der Waals surface area contributed by atoms with E-state index in [2.05, 4.69) is 15.2 Å². The molecule has 1 amide bonds. The van der Waals surface area contributed by atoms with Gasteiger partial charge in [0.2, 0.25) is 0 Å². The number of aryl methyl sites for hydroxylation is 1. The van der Waals surface area contributed by atoms with Gasteiger partial charge in [0.05, 0.1) is 7.11 Å². The first-order valence-electron chi connectivity index (χ1n) is 6.98.